The quantitative estimate of drug-likeness (QED) is 0.834. The van der Waals surface area contributed by atoms with E-state index in [1.54, 1.807) is 0 Å². The third kappa shape index (κ3) is 3.51. The van der Waals surface area contributed by atoms with Crippen LogP contribution in [0.3, 0.4) is 0 Å². The van der Waals surface area contributed by atoms with Gasteiger partial charge in [0.15, 0.2) is 0 Å². The van der Waals surface area contributed by atoms with E-state index >= 15 is 0 Å². The second-order valence-electron chi connectivity index (χ2n) is 4.88. The Morgan fingerprint density at radius 3 is 2.39 bits per heavy atom. The molecule has 1 aromatic rings. The molecule has 1 atom stereocenters. The van der Waals surface area contributed by atoms with Crippen LogP contribution in [0, 0.1) is 0 Å². The fourth-order valence-corrected chi connectivity index (χ4v) is 2.48. The lowest BCUT2D eigenvalue weighted by atomic mass is 10.2. The highest BCUT2D eigenvalue weighted by Gasteiger charge is 2.22. The zero-order chi connectivity index (χ0) is 13.0. The van der Waals surface area contributed by atoms with Crippen LogP contribution in [0.1, 0.15) is 12.5 Å². The Bertz CT molecular complexity index is 385. The number of nitrogens with zero attached hydrogens (tertiary/aromatic N) is 2. The van der Waals surface area contributed by atoms with Crippen molar-refractivity contribution in [3.63, 3.8) is 0 Å². The molecule has 1 aliphatic rings. The topological polar surface area (TPSA) is 32.5 Å². The monoisotopic (exact) mass is 263 g/mol. The maximum Gasteiger partial charge on any atom is 0.0899 e. The maximum absolute atomic E-state index is 5.70. The van der Waals surface area contributed by atoms with Crippen molar-refractivity contribution in [2.24, 2.45) is 5.73 Å². The second-order valence-corrected chi connectivity index (χ2v) is 5.35. The summed E-state index contributed by atoms with van der Waals surface area (Å²) >= 11 is 5.06. The summed E-state index contributed by atoms with van der Waals surface area (Å²) in [6.07, 6.45) is 0. The molecule has 0 spiro atoms. The van der Waals surface area contributed by atoms with Crippen LogP contribution in [0.5, 0.6) is 0 Å². The number of hydrogen-bond acceptors (Lipinski definition) is 3. The zero-order valence-corrected chi connectivity index (χ0v) is 11.7. The van der Waals surface area contributed by atoms with Crippen molar-refractivity contribution in [3.05, 3.63) is 35.9 Å². The Kier molecular flexibility index (Phi) is 4.69. The summed E-state index contributed by atoms with van der Waals surface area (Å²) in [5, 5.41) is 0. The summed E-state index contributed by atoms with van der Waals surface area (Å²) in [6, 6.07) is 10.8. The minimum atomic E-state index is 0.221. The van der Waals surface area contributed by atoms with Crippen LogP contribution in [0.15, 0.2) is 30.3 Å². The van der Waals surface area contributed by atoms with E-state index in [2.05, 4.69) is 47.1 Å². The Labute approximate surface area is 115 Å². The molecule has 0 aliphatic carbocycles. The molecule has 0 radical (unpaired) electrons. The van der Waals surface area contributed by atoms with Crippen LogP contribution >= 0.6 is 12.2 Å². The van der Waals surface area contributed by atoms with Crippen LogP contribution in [0.2, 0.25) is 0 Å². The zero-order valence-electron chi connectivity index (χ0n) is 10.9. The Balaban J connectivity index is 1.82. The smallest absolute Gasteiger partial charge is 0.0899 e. The highest BCUT2D eigenvalue weighted by molar-refractivity contribution is 7.80. The predicted octanol–water partition coefficient (Wildman–Crippen LogP) is 1.48. The molecule has 0 amide bonds. The standard InChI is InChI=1S/C14H21N3S/c1-12(14(15)18)17-9-7-16(8-10-17)11-13-5-3-2-4-6-13/h2-6,12H,7-11H2,1H3,(H2,15,18). The first-order valence-corrected chi connectivity index (χ1v) is 6.87. The number of piperazine rings is 1. The van der Waals surface area contributed by atoms with Gasteiger partial charge in [0.1, 0.15) is 0 Å². The molecule has 2 rings (SSSR count). The van der Waals surface area contributed by atoms with Gasteiger partial charge >= 0.3 is 0 Å². The molecule has 0 bridgehead atoms. The first kappa shape index (κ1) is 13.5. The van der Waals surface area contributed by atoms with Crippen molar-refractivity contribution in [1.82, 2.24) is 9.80 Å². The molecule has 1 heterocycles. The summed E-state index contributed by atoms with van der Waals surface area (Å²) < 4.78 is 0. The predicted molar refractivity (Wildman–Crippen MR) is 79.5 cm³/mol. The third-order valence-electron chi connectivity index (χ3n) is 3.62. The van der Waals surface area contributed by atoms with E-state index in [0.29, 0.717) is 4.99 Å². The molecule has 18 heavy (non-hydrogen) atoms. The molecule has 1 saturated heterocycles. The largest absolute Gasteiger partial charge is 0.392 e. The van der Waals surface area contributed by atoms with Crippen molar-refractivity contribution in [2.75, 3.05) is 26.2 Å². The maximum atomic E-state index is 5.70. The van der Waals surface area contributed by atoms with Crippen LogP contribution in [0.4, 0.5) is 0 Å². The molecular formula is C14H21N3S. The van der Waals surface area contributed by atoms with Gasteiger partial charge < -0.3 is 5.73 Å². The van der Waals surface area contributed by atoms with E-state index in [1.807, 2.05) is 0 Å². The Morgan fingerprint density at radius 1 is 1.22 bits per heavy atom. The van der Waals surface area contributed by atoms with Crippen molar-refractivity contribution >= 4 is 17.2 Å². The molecule has 0 saturated carbocycles. The first-order valence-electron chi connectivity index (χ1n) is 6.46. The van der Waals surface area contributed by atoms with Crippen LogP contribution in [-0.2, 0) is 6.54 Å². The lowest BCUT2D eigenvalue weighted by Gasteiger charge is -2.37. The van der Waals surface area contributed by atoms with Crippen molar-refractivity contribution in [3.8, 4) is 0 Å². The minimum Gasteiger partial charge on any atom is -0.392 e. The molecular weight excluding hydrogens is 242 g/mol. The number of nitrogens with two attached hydrogens (primary N) is 1. The molecule has 1 fully saturated rings. The molecule has 0 aromatic heterocycles. The molecule has 1 unspecified atom stereocenters. The van der Waals surface area contributed by atoms with Gasteiger partial charge in [-0.25, -0.2) is 0 Å². The van der Waals surface area contributed by atoms with Gasteiger partial charge in [-0.15, -0.1) is 0 Å². The number of rotatable bonds is 4. The highest BCUT2D eigenvalue weighted by Crippen LogP contribution is 2.10. The SMILES string of the molecule is CC(C(N)=S)N1CCN(Cc2ccccc2)CC1. The summed E-state index contributed by atoms with van der Waals surface area (Å²) in [7, 11) is 0. The van der Waals surface area contributed by atoms with Crippen LogP contribution in [-0.4, -0.2) is 47.0 Å². The van der Waals surface area contributed by atoms with E-state index in [1.165, 1.54) is 5.56 Å². The second kappa shape index (κ2) is 6.27. The first-order chi connectivity index (χ1) is 8.66. The van der Waals surface area contributed by atoms with Crippen LogP contribution < -0.4 is 5.73 Å². The number of thiocarbonyl (C=S) groups is 1. The van der Waals surface area contributed by atoms with Gasteiger partial charge in [0.2, 0.25) is 0 Å². The van der Waals surface area contributed by atoms with Gasteiger partial charge in [0, 0.05) is 32.7 Å². The van der Waals surface area contributed by atoms with Gasteiger partial charge in [-0.2, -0.15) is 0 Å². The molecule has 98 valence electrons. The van der Waals surface area contributed by atoms with Gasteiger partial charge in [0.05, 0.1) is 11.0 Å². The molecule has 4 heteroatoms. The fraction of sp³-hybridized carbons (Fsp3) is 0.500. The number of hydrogen-bond donors (Lipinski definition) is 1. The summed E-state index contributed by atoms with van der Waals surface area (Å²) in [5.41, 5.74) is 7.08. The van der Waals surface area contributed by atoms with E-state index in [9.17, 15) is 0 Å². The van der Waals surface area contributed by atoms with Crippen molar-refractivity contribution in [2.45, 2.75) is 19.5 Å². The molecule has 1 aliphatic heterocycles. The Morgan fingerprint density at radius 2 is 1.83 bits per heavy atom. The Hall–Kier alpha value is -0.970. The van der Waals surface area contributed by atoms with E-state index < -0.39 is 0 Å². The molecule has 3 nitrogen and oxygen atoms in total. The minimum absolute atomic E-state index is 0.221. The van der Waals surface area contributed by atoms with Gasteiger partial charge in [-0.05, 0) is 12.5 Å². The lowest BCUT2D eigenvalue weighted by Crippen LogP contribution is -2.52. The normalized spacial score (nSPS) is 19.6. The summed E-state index contributed by atoms with van der Waals surface area (Å²) in [5.74, 6) is 0. The van der Waals surface area contributed by atoms with E-state index in [4.69, 9.17) is 18.0 Å². The van der Waals surface area contributed by atoms with Gasteiger partial charge in [0.25, 0.3) is 0 Å². The van der Waals surface area contributed by atoms with Crippen molar-refractivity contribution in [1.29, 1.82) is 0 Å². The van der Waals surface area contributed by atoms with Crippen LogP contribution in [0.25, 0.3) is 0 Å². The third-order valence-corrected chi connectivity index (χ3v) is 3.96. The highest BCUT2D eigenvalue weighted by atomic mass is 32.1. The fourth-order valence-electron chi connectivity index (χ4n) is 2.33. The summed E-state index contributed by atoms with van der Waals surface area (Å²) in [6.45, 7) is 7.39. The molecule has 1 aromatic carbocycles. The van der Waals surface area contributed by atoms with Crippen molar-refractivity contribution < 1.29 is 0 Å². The van der Waals surface area contributed by atoms with E-state index in [-0.39, 0.29) is 6.04 Å². The number of benzene rings is 1. The lowest BCUT2D eigenvalue weighted by molar-refractivity contribution is 0.118. The molecule has 2 N–H and O–H groups in total. The average Bonchev–Trinajstić information content (AvgIpc) is 2.40. The van der Waals surface area contributed by atoms with Gasteiger partial charge in [-0.1, -0.05) is 42.5 Å². The van der Waals surface area contributed by atoms with Gasteiger partial charge in [-0.3, -0.25) is 9.80 Å². The van der Waals surface area contributed by atoms with E-state index in [0.717, 1.165) is 32.7 Å². The average molecular weight is 263 g/mol. The summed E-state index contributed by atoms with van der Waals surface area (Å²) in [4.78, 5) is 5.45.